The van der Waals surface area contributed by atoms with Crippen LogP contribution in [0.1, 0.15) is 65.7 Å². The van der Waals surface area contributed by atoms with E-state index in [1.807, 2.05) is 48.5 Å². The fraction of sp³-hybridized carbons (Fsp3) is 0.733. The van der Waals surface area contributed by atoms with E-state index in [4.69, 9.17) is 5.73 Å². The van der Waals surface area contributed by atoms with Crippen molar-refractivity contribution in [1.29, 1.82) is 0 Å². The summed E-state index contributed by atoms with van der Waals surface area (Å²) in [5.41, 5.74) is 6.79. The van der Waals surface area contributed by atoms with E-state index in [0.717, 1.165) is 0 Å². The molecule has 1 atom stereocenters. The summed E-state index contributed by atoms with van der Waals surface area (Å²) in [4.78, 5) is 9.03. The molecule has 108 valence electrons. The van der Waals surface area contributed by atoms with E-state index in [1.54, 1.807) is 0 Å². The van der Waals surface area contributed by atoms with Gasteiger partial charge in [0.1, 0.15) is 5.82 Å². The third-order valence-electron chi connectivity index (χ3n) is 2.86. The maximum Gasteiger partial charge on any atom is 0.159 e. The molecule has 0 bridgehead atoms. The first-order chi connectivity index (χ1) is 8.43. The van der Waals surface area contributed by atoms with E-state index in [1.165, 1.54) is 0 Å². The van der Waals surface area contributed by atoms with Crippen molar-refractivity contribution in [1.82, 2.24) is 9.97 Å². The molecule has 0 aromatic carbocycles. The first-order valence-electron chi connectivity index (χ1n) is 6.79. The van der Waals surface area contributed by atoms with Crippen LogP contribution < -0.4 is 5.73 Å². The van der Waals surface area contributed by atoms with Crippen LogP contribution in [0.2, 0.25) is 0 Å². The minimum atomic E-state index is -0.223. The third kappa shape index (κ3) is 3.90. The highest BCUT2D eigenvalue weighted by molar-refractivity contribution is 5.39. The van der Waals surface area contributed by atoms with Crippen molar-refractivity contribution in [2.75, 3.05) is 0 Å². The van der Waals surface area contributed by atoms with Gasteiger partial charge in [-0.05, 0) is 6.92 Å². The molecule has 0 spiro atoms. The molecule has 4 nitrogen and oxygen atoms in total. The van der Waals surface area contributed by atoms with Crippen molar-refractivity contribution in [3.8, 4) is 5.75 Å². The minimum Gasteiger partial charge on any atom is -0.504 e. The maximum atomic E-state index is 10.5. The summed E-state index contributed by atoms with van der Waals surface area (Å²) in [6.07, 6.45) is 0.618. The predicted molar refractivity (Wildman–Crippen MR) is 78.5 cm³/mol. The highest BCUT2D eigenvalue weighted by atomic mass is 16.3. The Morgan fingerprint density at radius 1 is 1.00 bits per heavy atom. The average molecular weight is 265 g/mol. The Kier molecular flexibility index (Phi) is 4.25. The molecule has 0 saturated carbocycles. The van der Waals surface area contributed by atoms with Gasteiger partial charge in [0.25, 0.3) is 0 Å². The molecule has 1 aromatic rings. The highest BCUT2D eigenvalue weighted by Gasteiger charge is 2.29. The standard InChI is InChI=1S/C15H27N3O/c1-9(16)8-10-17-12(14(2,3)4)11(19)13(18-10)15(5,6)7/h9,19H,8,16H2,1-7H3. The fourth-order valence-electron chi connectivity index (χ4n) is 1.93. The monoisotopic (exact) mass is 265 g/mol. The Morgan fingerprint density at radius 3 is 1.63 bits per heavy atom. The molecule has 1 heterocycles. The lowest BCUT2D eigenvalue weighted by atomic mass is 9.85. The fourth-order valence-corrected chi connectivity index (χ4v) is 1.93. The Labute approximate surface area is 116 Å². The number of rotatable bonds is 2. The van der Waals surface area contributed by atoms with Crippen molar-refractivity contribution in [3.05, 3.63) is 17.2 Å². The number of hydrogen-bond acceptors (Lipinski definition) is 4. The lowest BCUT2D eigenvalue weighted by Crippen LogP contribution is -2.25. The second-order valence-electron chi connectivity index (χ2n) is 7.37. The van der Waals surface area contributed by atoms with Crippen molar-refractivity contribution in [3.63, 3.8) is 0 Å². The van der Waals surface area contributed by atoms with Gasteiger partial charge in [0, 0.05) is 23.3 Å². The Balaban J connectivity index is 3.48. The minimum absolute atomic E-state index is 0.00480. The van der Waals surface area contributed by atoms with Gasteiger partial charge in [-0.25, -0.2) is 9.97 Å². The molecule has 3 N–H and O–H groups in total. The maximum absolute atomic E-state index is 10.5. The molecule has 19 heavy (non-hydrogen) atoms. The van der Waals surface area contributed by atoms with Crippen LogP contribution in [-0.4, -0.2) is 21.1 Å². The summed E-state index contributed by atoms with van der Waals surface area (Å²) in [6, 6.07) is 0.00480. The van der Waals surface area contributed by atoms with Crippen molar-refractivity contribution < 1.29 is 5.11 Å². The van der Waals surface area contributed by atoms with Crippen molar-refractivity contribution in [2.24, 2.45) is 5.73 Å². The van der Waals surface area contributed by atoms with Gasteiger partial charge >= 0.3 is 0 Å². The molecule has 0 amide bonds. The van der Waals surface area contributed by atoms with Gasteiger partial charge in [-0.2, -0.15) is 0 Å². The molecule has 1 aromatic heterocycles. The average Bonchev–Trinajstić information content (AvgIpc) is 2.16. The normalized spacial score (nSPS) is 14.5. The molecule has 0 aliphatic heterocycles. The number of hydrogen-bond donors (Lipinski definition) is 2. The number of nitrogens with two attached hydrogens (primary N) is 1. The van der Waals surface area contributed by atoms with E-state index in [-0.39, 0.29) is 22.6 Å². The molecule has 0 radical (unpaired) electrons. The topological polar surface area (TPSA) is 72.0 Å². The zero-order chi connectivity index (χ0) is 15.0. The summed E-state index contributed by atoms with van der Waals surface area (Å²) in [6.45, 7) is 14.2. The molecule has 4 heteroatoms. The van der Waals surface area contributed by atoms with Gasteiger partial charge in [0.15, 0.2) is 5.75 Å². The van der Waals surface area contributed by atoms with Crippen LogP contribution >= 0.6 is 0 Å². The van der Waals surface area contributed by atoms with Gasteiger partial charge in [0.2, 0.25) is 0 Å². The van der Waals surface area contributed by atoms with Crippen LogP contribution in [0, 0.1) is 0 Å². The number of aromatic nitrogens is 2. The summed E-state index contributed by atoms with van der Waals surface area (Å²) >= 11 is 0. The van der Waals surface area contributed by atoms with Crippen LogP contribution in [0.4, 0.5) is 0 Å². The molecular weight excluding hydrogens is 238 g/mol. The van der Waals surface area contributed by atoms with E-state index in [9.17, 15) is 5.11 Å². The quantitative estimate of drug-likeness (QED) is 0.862. The van der Waals surface area contributed by atoms with Crippen LogP contribution in [0.5, 0.6) is 5.75 Å². The van der Waals surface area contributed by atoms with Crippen LogP contribution in [0.3, 0.4) is 0 Å². The smallest absolute Gasteiger partial charge is 0.159 e. The highest BCUT2D eigenvalue weighted by Crippen LogP contribution is 2.36. The molecule has 0 aliphatic rings. The summed E-state index contributed by atoms with van der Waals surface area (Å²) in [5.74, 6) is 0.927. The molecule has 0 fully saturated rings. The second kappa shape index (κ2) is 5.08. The lowest BCUT2D eigenvalue weighted by molar-refractivity contribution is 0.402. The van der Waals surface area contributed by atoms with Gasteiger partial charge in [-0.1, -0.05) is 41.5 Å². The zero-order valence-corrected chi connectivity index (χ0v) is 13.2. The Hall–Kier alpha value is -1.16. The zero-order valence-electron chi connectivity index (χ0n) is 13.2. The van der Waals surface area contributed by atoms with Gasteiger partial charge in [-0.3, -0.25) is 0 Å². The van der Waals surface area contributed by atoms with E-state index < -0.39 is 0 Å². The molecule has 0 aliphatic carbocycles. The lowest BCUT2D eigenvalue weighted by Gasteiger charge is -2.26. The SMILES string of the molecule is CC(N)Cc1nc(C(C)(C)C)c(O)c(C(C)(C)C)n1. The summed E-state index contributed by atoms with van der Waals surface area (Å²) < 4.78 is 0. The Morgan fingerprint density at radius 2 is 1.37 bits per heavy atom. The predicted octanol–water partition coefficient (Wildman–Crippen LogP) is 2.67. The van der Waals surface area contributed by atoms with E-state index in [0.29, 0.717) is 23.6 Å². The molecular formula is C15H27N3O. The third-order valence-corrected chi connectivity index (χ3v) is 2.86. The molecule has 1 unspecified atom stereocenters. The number of nitrogens with zero attached hydrogens (tertiary/aromatic N) is 2. The van der Waals surface area contributed by atoms with E-state index in [2.05, 4.69) is 9.97 Å². The van der Waals surface area contributed by atoms with Gasteiger partial charge < -0.3 is 10.8 Å². The largest absolute Gasteiger partial charge is 0.504 e. The van der Waals surface area contributed by atoms with Crippen LogP contribution in [0.15, 0.2) is 0 Å². The Bertz CT molecular complexity index is 418. The van der Waals surface area contributed by atoms with Crippen molar-refractivity contribution in [2.45, 2.75) is 71.8 Å². The first-order valence-corrected chi connectivity index (χ1v) is 6.79. The van der Waals surface area contributed by atoms with E-state index >= 15 is 0 Å². The summed E-state index contributed by atoms with van der Waals surface area (Å²) in [7, 11) is 0. The van der Waals surface area contributed by atoms with Crippen LogP contribution in [-0.2, 0) is 17.3 Å². The number of aromatic hydroxyl groups is 1. The molecule has 0 saturated heterocycles. The van der Waals surface area contributed by atoms with Gasteiger partial charge in [-0.15, -0.1) is 0 Å². The second-order valence-corrected chi connectivity index (χ2v) is 7.37. The first kappa shape index (κ1) is 15.9. The summed E-state index contributed by atoms with van der Waals surface area (Å²) in [5, 5.41) is 10.5. The molecule has 1 rings (SSSR count). The van der Waals surface area contributed by atoms with Crippen molar-refractivity contribution >= 4 is 0 Å². The van der Waals surface area contributed by atoms with Crippen LogP contribution in [0.25, 0.3) is 0 Å². The van der Waals surface area contributed by atoms with Gasteiger partial charge in [0.05, 0.1) is 11.4 Å².